The topological polar surface area (TPSA) is 117 Å². The minimum Gasteiger partial charge on any atom is -0.756 e. The maximum Gasteiger partial charge on any atom is 2.00 e. The maximum atomic E-state index is 11.2. The second kappa shape index (κ2) is 10.7. The summed E-state index contributed by atoms with van der Waals surface area (Å²) in [5, 5.41) is 0. The van der Waals surface area contributed by atoms with Crippen LogP contribution >= 0.6 is 15.6 Å². The van der Waals surface area contributed by atoms with Crippen molar-refractivity contribution in [1.29, 1.82) is 0 Å². The number of rotatable bonds is 8. The molecule has 0 aromatic rings. The first kappa shape index (κ1) is 24.0. The van der Waals surface area contributed by atoms with Crippen LogP contribution < -0.4 is 9.79 Å². The van der Waals surface area contributed by atoms with Crippen molar-refractivity contribution in [2.75, 3.05) is 0 Å². The van der Waals surface area contributed by atoms with Crippen LogP contribution in [0.3, 0.4) is 0 Å². The summed E-state index contributed by atoms with van der Waals surface area (Å²) in [6.45, 7) is 0. The van der Waals surface area contributed by atoms with Gasteiger partial charge in [-0.2, -0.15) is 0 Å². The SMILES string of the molecule is O=P([O-])(OC1CCC1)OC1CCC1.O=P([O-])(OC1CCC1)OC1CCC1.[Ni+2]. The fourth-order valence-corrected chi connectivity index (χ4v) is 5.09. The van der Waals surface area contributed by atoms with Crippen LogP contribution in [0.4, 0.5) is 0 Å². The smallest absolute Gasteiger partial charge is 0.756 e. The summed E-state index contributed by atoms with van der Waals surface area (Å²) < 4.78 is 41.9. The molecule has 27 heavy (non-hydrogen) atoms. The predicted octanol–water partition coefficient (Wildman–Crippen LogP) is 3.18. The molecule has 4 rings (SSSR count). The Morgan fingerprint density at radius 1 is 0.519 bits per heavy atom. The van der Waals surface area contributed by atoms with Crippen molar-refractivity contribution in [1.82, 2.24) is 0 Å². The molecule has 0 spiro atoms. The van der Waals surface area contributed by atoms with Gasteiger partial charge in [-0.25, -0.2) is 0 Å². The molecule has 0 unspecified atom stereocenters. The summed E-state index contributed by atoms with van der Waals surface area (Å²) in [5.74, 6) is 0. The van der Waals surface area contributed by atoms with E-state index in [9.17, 15) is 18.9 Å². The molecule has 0 saturated heterocycles. The molecule has 0 heterocycles. The van der Waals surface area contributed by atoms with Gasteiger partial charge in [-0.1, -0.05) is 0 Å². The van der Waals surface area contributed by atoms with Gasteiger partial charge in [-0.3, -0.25) is 9.13 Å². The first-order valence-corrected chi connectivity index (χ1v) is 12.6. The Balaban J connectivity index is 0.000000187. The summed E-state index contributed by atoms with van der Waals surface area (Å²) in [6, 6.07) is 0. The normalized spacial score (nSPS) is 24.4. The van der Waals surface area contributed by atoms with Gasteiger partial charge in [0, 0.05) is 0 Å². The molecule has 0 aliphatic heterocycles. The number of hydrogen-bond acceptors (Lipinski definition) is 8. The van der Waals surface area contributed by atoms with E-state index in [4.69, 9.17) is 18.1 Å². The van der Waals surface area contributed by atoms with Crippen molar-refractivity contribution in [3.63, 3.8) is 0 Å². The van der Waals surface area contributed by atoms with Crippen molar-refractivity contribution >= 4 is 15.6 Å². The fraction of sp³-hybridized carbons (Fsp3) is 1.00. The standard InChI is InChI=1S/2C8H15O4P.Ni/c2*9-13(10,11-7-3-1-4-7)12-8-5-2-6-8;/h2*7-8H,1-6H2,(H,9,10);/q;;+2/p-2. The van der Waals surface area contributed by atoms with Crippen molar-refractivity contribution in [3.05, 3.63) is 0 Å². The van der Waals surface area contributed by atoms with Gasteiger partial charge >= 0.3 is 16.5 Å². The third-order valence-corrected chi connectivity index (χ3v) is 7.55. The Morgan fingerprint density at radius 2 is 0.704 bits per heavy atom. The summed E-state index contributed by atoms with van der Waals surface area (Å²) in [5.41, 5.74) is 0. The van der Waals surface area contributed by atoms with Gasteiger partial charge < -0.3 is 27.9 Å². The molecule has 4 saturated carbocycles. The number of hydrogen-bond donors (Lipinski definition) is 0. The van der Waals surface area contributed by atoms with E-state index in [-0.39, 0.29) is 40.9 Å². The third kappa shape index (κ3) is 8.16. The average Bonchev–Trinajstić information content (AvgIpc) is 2.40. The molecule has 0 amide bonds. The van der Waals surface area contributed by atoms with Gasteiger partial charge in [-0.15, -0.1) is 0 Å². The summed E-state index contributed by atoms with van der Waals surface area (Å²) in [4.78, 5) is 22.4. The monoisotopic (exact) mass is 468 g/mol. The zero-order chi connectivity index (χ0) is 18.6. The van der Waals surface area contributed by atoms with E-state index in [1.807, 2.05) is 0 Å². The van der Waals surface area contributed by atoms with Crippen molar-refractivity contribution < 1.29 is 53.5 Å². The van der Waals surface area contributed by atoms with Crippen LogP contribution in [0, 0.1) is 0 Å². The van der Waals surface area contributed by atoms with Gasteiger partial charge in [0.2, 0.25) is 0 Å². The summed E-state index contributed by atoms with van der Waals surface area (Å²) in [7, 11) is -7.97. The summed E-state index contributed by atoms with van der Waals surface area (Å²) >= 11 is 0. The van der Waals surface area contributed by atoms with Crippen LogP contribution in [0.5, 0.6) is 0 Å². The minimum atomic E-state index is -3.99. The van der Waals surface area contributed by atoms with E-state index >= 15 is 0 Å². The van der Waals surface area contributed by atoms with Gasteiger partial charge in [0.1, 0.15) is 0 Å². The van der Waals surface area contributed by atoms with E-state index in [0.29, 0.717) is 0 Å². The second-order valence-corrected chi connectivity index (χ2v) is 10.2. The molecule has 0 N–H and O–H groups in total. The van der Waals surface area contributed by atoms with Crippen LogP contribution in [0.2, 0.25) is 0 Å². The molecule has 0 aromatic heterocycles. The van der Waals surface area contributed by atoms with E-state index in [1.165, 1.54) is 0 Å². The largest absolute Gasteiger partial charge is 2.00 e. The molecule has 8 nitrogen and oxygen atoms in total. The molecule has 160 valence electrons. The Kier molecular flexibility index (Phi) is 9.47. The molecular formula is C16H28NiO8P2. The van der Waals surface area contributed by atoms with E-state index in [0.717, 1.165) is 77.0 Å². The van der Waals surface area contributed by atoms with Crippen molar-refractivity contribution in [2.24, 2.45) is 0 Å². The van der Waals surface area contributed by atoms with E-state index in [2.05, 4.69) is 0 Å². The maximum absolute atomic E-state index is 11.2. The summed E-state index contributed by atoms with van der Waals surface area (Å²) in [6.07, 6.45) is 10.6. The number of phosphoric ester groups is 2. The van der Waals surface area contributed by atoms with Gasteiger partial charge in [-0.05, 0) is 77.0 Å². The van der Waals surface area contributed by atoms with Gasteiger partial charge in [0.25, 0.3) is 15.6 Å². The van der Waals surface area contributed by atoms with Crippen LogP contribution in [-0.2, 0) is 43.7 Å². The minimum absolute atomic E-state index is 0. The van der Waals surface area contributed by atoms with Crippen molar-refractivity contribution in [3.8, 4) is 0 Å². The zero-order valence-electron chi connectivity index (χ0n) is 15.3. The Hall–Kier alpha value is 0.714. The quantitative estimate of drug-likeness (QED) is 0.393. The van der Waals surface area contributed by atoms with E-state index < -0.39 is 15.6 Å². The molecule has 0 atom stereocenters. The molecule has 4 aliphatic rings. The van der Waals surface area contributed by atoms with Crippen molar-refractivity contribution in [2.45, 2.75) is 101 Å². The molecule has 0 aromatic carbocycles. The molecular weight excluding hydrogens is 441 g/mol. The molecule has 0 bridgehead atoms. The molecule has 4 fully saturated rings. The zero-order valence-corrected chi connectivity index (χ0v) is 18.0. The molecule has 0 radical (unpaired) electrons. The van der Waals surface area contributed by atoms with Gasteiger partial charge in [0.05, 0.1) is 24.4 Å². The Bertz CT molecular complexity index is 459. The van der Waals surface area contributed by atoms with E-state index in [1.54, 1.807) is 0 Å². The third-order valence-electron chi connectivity index (χ3n) is 5.32. The Morgan fingerprint density at radius 3 is 0.815 bits per heavy atom. The average molecular weight is 469 g/mol. The van der Waals surface area contributed by atoms with Crippen LogP contribution in [-0.4, -0.2) is 24.4 Å². The Labute approximate surface area is 170 Å². The van der Waals surface area contributed by atoms with Gasteiger partial charge in [0.15, 0.2) is 0 Å². The van der Waals surface area contributed by atoms with Crippen LogP contribution in [0.25, 0.3) is 0 Å². The molecule has 11 heteroatoms. The van der Waals surface area contributed by atoms with Crippen LogP contribution in [0.1, 0.15) is 77.0 Å². The number of phosphoric acid groups is 2. The first-order chi connectivity index (χ1) is 12.3. The first-order valence-electron chi connectivity index (χ1n) is 9.67. The predicted molar refractivity (Wildman–Crippen MR) is 90.1 cm³/mol. The molecule has 4 aliphatic carbocycles. The van der Waals surface area contributed by atoms with Crippen LogP contribution in [0.15, 0.2) is 0 Å². The fourth-order valence-electron chi connectivity index (χ4n) is 2.68. The second-order valence-electron chi connectivity index (χ2n) is 7.53.